The van der Waals surface area contributed by atoms with Crippen LogP contribution in [0.4, 0.5) is 0 Å². The van der Waals surface area contributed by atoms with Gasteiger partial charge in [-0.25, -0.2) is 0 Å². The van der Waals surface area contributed by atoms with E-state index in [1.54, 1.807) is 6.07 Å². The number of hydrogen-bond donors (Lipinski definition) is 2. The van der Waals surface area contributed by atoms with Crippen LogP contribution in [0.5, 0.6) is 5.75 Å². The summed E-state index contributed by atoms with van der Waals surface area (Å²) in [5.74, 6) is 0.213. The van der Waals surface area contributed by atoms with Gasteiger partial charge < -0.3 is 10.4 Å². The van der Waals surface area contributed by atoms with E-state index in [1.165, 1.54) is 0 Å². The normalized spacial score (nSPS) is 16.9. The van der Waals surface area contributed by atoms with Crippen molar-refractivity contribution < 1.29 is 5.11 Å². The molecule has 1 fully saturated rings. The van der Waals surface area contributed by atoms with Gasteiger partial charge in [0.1, 0.15) is 5.75 Å². The maximum Gasteiger partial charge on any atom is 0.139 e. The number of hydrogen-bond acceptors (Lipinski definition) is 3. The molecule has 1 heterocycles. The molecule has 1 saturated heterocycles. The topological polar surface area (TPSA) is 35.5 Å². The number of rotatable bonds is 3. The maximum atomic E-state index is 10.2. The van der Waals surface area contributed by atoms with E-state index in [1.807, 2.05) is 6.07 Å². The quantitative estimate of drug-likeness (QED) is 0.796. The predicted molar refractivity (Wildman–Crippen MR) is 92.8 cm³/mol. The fourth-order valence-electron chi connectivity index (χ4n) is 2.51. The highest BCUT2D eigenvalue weighted by molar-refractivity contribution is 9.10. The Bertz CT molecular complexity index is 428. The van der Waals surface area contributed by atoms with E-state index in [0.717, 1.165) is 42.6 Å². The molecule has 1 aromatic carbocycles. The minimum absolute atomic E-state index is 0. The molecule has 0 unspecified atom stereocenters. The Hall–Kier alpha value is 0.290. The number of nitrogens with zero attached hydrogens (tertiary/aromatic N) is 1. The summed E-state index contributed by atoms with van der Waals surface area (Å²) in [6.07, 6.45) is 0.959. The summed E-state index contributed by atoms with van der Waals surface area (Å²) < 4.78 is 0.911. The highest BCUT2D eigenvalue weighted by atomic mass is 79.9. The van der Waals surface area contributed by atoms with Gasteiger partial charge >= 0.3 is 0 Å². The summed E-state index contributed by atoms with van der Waals surface area (Å²) in [6.45, 7) is 6.14. The van der Waals surface area contributed by atoms with E-state index < -0.39 is 0 Å². The van der Waals surface area contributed by atoms with Crippen LogP contribution in [0.1, 0.15) is 24.9 Å². The molecule has 7 heteroatoms. The molecule has 0 spiro atoms. The SMILES string of the molecule is CC[C@@H](c1cc(Br)cc(Cl)c1O)N1CCNCC1.Cl.Cl. The highest BCUT2D eigenvalue weighted by Gasteiger charge is 2.24. The zero-order valence-corrected chi connectivity index (χ0v) is 15.2. The van der Waals surface area contributed by atoms with Crippen molar-refractivity contribution in [3.05, 3.63) is 27.2 Å². The fraction of sp³-hybridized carbons (Fsp3) is 0.538. The van der Waals surface area contributed by atoms with Crippen molar-refractivity contribution in [1.29, 1.82) is 0 Å². The molecule has 1 aliphatic heterocycles. The summed E-state index contributed by atoms with van der Waals surface area (Å²) >= 11 is 9.49. The molecule has 20 heavy (non-hydrogen) atoms. The number of piperazine rings is 1. The van der Waals surface area contributed by atoms with Gasteiger partial charge in [0.25, 0.3) is 0 Å². The second-order valence-corrected chi connectivity index (χ2v) is 5.86. The molecular weight excluding hydrogens is 386 g/mol. The van der Waals surface area contributed by atoms with Crippen LogP contribution in [-0.4, -0.2) is 36.2 Å². The van der Waals surface area contributed by atoms with E-state index in [2.05, 4.69) is 33.1 Å². The third-order valence-corrected chi connectivity index (χ3v) is 4.14. The van der Waals surface area contributed by atoms with Gasteiger partial charge in [0.15, 0.2) is 0 Å². The van der Waals surface area contributed by atoms with Gasteiger partial charge in [0.05, 0.1) is 5.02 Å². The first-order valence-corrected chi connectivity index (χ1v) is 7.43. The van der Waals surface area contributed by atoms with Crippen molar-refractivity contribution in [1.82, 2.24) is 10.2 Å². The molecule has 3 nitrogen and oxygen atoms in total. The molecule has 0 saturated carbocycles. The Morgan fingerprint density at radius 1 is 1.35 bits per heavy atom. The van der Waals surface area contributed by atoms with Crippen molar-refractivity contribution in [2.24, 2.45) is 0 Å². The summed E-state index contributed by atoms with van der Waals surface area (Å²) in [6, 6.07) is 3.92. The van der Waals surface area contributed by atoms with Crippen molar-refractivity contribution in [2.45, 2.75) is 19.4 Å². The molecule has 0 aromatic heterocycles. The van der Waals surface area contributed by atoms with E-state index >= 15 is 0 Å². The van der Waals surface area contributed by atoms with Crippen molar-refractivity contribution >= 4 is 52.3 Å². The summed E-state index contributed by atoms with van der Waals surface area (Å²) in [5, 5.41) is 13.9. The predicted octanol–water partition coefficient (Wildman–Crippen LogP) is 4.01. The van der Waals surface area contributed by atoms with E-state index in [4.69, 9.17) is 11.6 Å². The molecule has 2 rings (SSSR count). The lowest BCUT2D eigenvalue weighted by Crippen LogP contribution is -2.45. The molecule has 0 bridgehead atoms. The van der Waals surface area contributed by atoms with Crippen LogP contribution in [-0.2, 0) is 0 Å². The molecule has 1 aliphatic rings. The molecule has 1 atom stereocenters. The number of benzene rings is 1. The number of phenols is 1. The molecule has 2 N–H and O–H groups in total. The smallest absolute Gasteiger partial charge is 0.139 e. The Balaban J connectivity index is 0.00000180. The fourth-order valence-corrected chi connectivity index (χ4v) is 3.34. The van der Waals surface area contributed by atoms with Crippen LogP contribution in [0, 0.1) is 0 Å². The van der Waals surface area contributed by atoms with Crippen LogP contribution >= 0.6 is 52.3 Å². The minimum atomic E-state index is 0. The molecule has 116 valence electrons. The lowest BCUT2D eigenvalue weighted by atomic mass is 10.0. The van der Waals surface area contributed by atoms with Gasteiger partial charge in [-0.1, -0.05) is 34.5 Å². The number of nitrogens with one attached hydrogen (secondary N) is 1. The van der Waals surface area contributed by atoms with E-state index in [9.17, 15) is 5.11 Å². The summed E-state index contributed by atoms with van der Waals surface area (Å²) in [7, 11) is 0. The van der Waals surface area contributed by atoms with Gasteiger partial charge in [0.2, 0.25) is 0 Å². The first kappa shape index (κ1) is 20.3. The van der Waals surface area contributed by atoms with Crippen molar-refractivity contribution in [3.63, 3.8) is 0 Å². The third kappa shape index (κ3) is 4.65. The number of aromatic hydroxyl groups is 1. The van der Waals surface area contributed by atoms with Crippen LogP contribution in [0.15, 0.2) is 16.6 Å². The minimum Gasteiger partial charge on any atom is -0.506 e. The largest absolute Gasteiger partial charge is 0.506 e. The number of halogens is 4. The second kappa shape index (κ2) is 9.34. The Kier molecular flexibility index (Phi) is 9.47. The van der Waals surface area contributed by atoms with Gasteiger partial charge in [-0.2, -0.15) is 0 Å². The zero-order chi connectivity index (χ0) is 13.1. The molecular formula is C13H20BrCl3N2O. The summed E-state index contributed by atoms with van der Waals surface area (Å²) in [4.78, 5) is 2.40. The maximum absolute atomic E-state index is 10.2. The first-order chi connectivity index (χ1) is 8.63. The molecule has 1 aromatic rings. The Morgan fingerprint density at radius 3 is 2.50 bits per heavy atom. The lowest BCUT2D eigenvalue weighted by molar-refractivity contribution is 0.167. The third-order valence-electron chi connectivity index (χ3n) is 3.40. The molecule has 0 radical (unpaired) electrons. The zero-order valence-electron chi connectivity index (χ0n) is 11.2. The van der Waals surface area contributed by atoms with Crippen LogP contribution < -0.4 is 5.32 Å². The monoisotopic (exact) mass is 404 g/mol. The van der Waals surface area contributed by atoms with Gasteiger partial charge in [-0.3, -0.25) is 4.90 Å². The Labute approximate surface area is 146 Å². The molecule has 0 aliphatic carbocycles. The average Bonchev–Trinajstić information content (AvgIpc) is 2.37. The molecule has 0 amide bonds. The first-order valence-electron chi connectivity index (χ1n) is 6.26. The second-order valence-electron chi connectivity index (χ2n) is 4.54. The van der Waals surface area contributed by atoms with Gasteiger partial charge in [-0.05, 0) is 18.6 Å². The standard InChI is InChI=1S/C13H18BrClN2O.2ClH/c1-2-12(17-5-3-16-4-6-17)10-7-9(14)8-11(15)13(10)18;;/h7-8,12,16,18H,2-6H2,1H3;2*1H/t12-;;/m0../s1. The summed E-state index contributed by atoms with van der Waals surface area (Å²) in [5.41, 5.74) is 0.916. The Morgan fingerprint density at radius 2 is 1.95 bits per heavy atom. The lowest BCUT2D eigenvalue weighted by Gasteiger charge is -2.35. The van der Waals surface area contributed by atoms with Crippen LogP contribution in [0.25, 0.3) is 0 Å². The van der Waals surface area contributed by atoms with E-state index in [-0.39, 0.29) is 36.6 Å². The van der Waals surface area contributed by atoms with Crippen LogP contribution in [0.2, 0.25) is 5.02 Å². The van der Waals surface area contributed by atoms with Crippen molar-refractivity contribution in [3.8, 4) is 5.75 Å². The van der Waals surface area contributed by atoms with Crippen molar-refractivity contribution in [2.75, 3.05) is 26.2 Å². The van der Waals surface area contributed by atoms with Gasteiger partial charge in [-0.15, -0.1) is 24.8 Å². The average molecular weight is 407 g/mol. The number of phenolic OH excluding ortho intramolecular Hbond substituents is 1. The van der Waals surface area contributed by atoms with E-state index in [0.29, 0.717) is 5.02 Å². The highest BCUT2D eigenvalue weighted by Crippen LogP contribution is 2.38. The van der Waals surface area contributed by atoms with Crippen LogP contribution in [0.3, 0.4) is 0 Å². The van der Waals surface area contributed by atoms with Gasteiger partial charge in [0, 0.05) is 42.3 Å².